The molecule has 0 aromatic heterocycles. The van der Waals surface area contributed by atoms with Gasteiger partial charge in [-0.1, -0.05) is 0 Å². The number of carbonyl (C=O) groups excluding carboxylic acids is 1. The standard InChI is InChI=1S/C10H21N3O/c1-9-8-13(7-6-12(9)3)10(14)4-5-11-2/h9,11H,4-8H2,1-3H3/t9-/m0/s1. The predicted octanol–water partition coefficient (Wildman–Crippen LogP) is -0.242. The molecule has 1 fully saturated rings. The van der Waals surface area contributed by atoms with Crippen LogP contribution in [0.2, 0.25) is 0 Å². The van der Waals surface area contributed by atoms with Gasteiger partial charge < -0.3 is 15.1 Å². The van der Waals surface area contributed by atoms with E-state index in [1.807, 2.05) is 11.9 Å². The van der Waals surface area contributed by atoms with Crippen LogP contribution >= 0.6 is 0 Å². The van der Waals surface area contributed by atoms with Crippen molar-refractivity contribution in [3.05, 3.63) is 0 Å². The van der Waals surface area contributed by atoms with Crippen molar-refractivity contribution < 1.29 is 4.79 Å². The summed E-state index contributed by atoms with van der Waals surface area (Å²) in [7, 11) is 3.99. The topological polar surface area (TPSA) is 35.6 Å². The first kappa shape index (κ1) is 11.5. The van der Waals surface area contributed by atoms with Crippen molar-refractivity contribution in [3.63, 3.8) is 0 Å². The number of hydrogen-bond donors (Lipinski definition) is 1. The Morgan fingerprint density at radius 2 is 2.21 bits per heavy atom. The number of carbonyl (C=O) groups is 1. The van der Waals surface area contributed by atoms with Gasteiger partial charge in [-0.3, -0.25) is 4.79 Å². The molecule has 0 aromatic carbocycles. The molecule has 0 aliphatic carbocycles. The maximum atomic E-state index is 11.7. The van der Waals surface area contributed by atoms with E-state index < -0.39 is 0 Å². The first-order valence-electron chi connectivity index (χ1n) is 5.27. The molecule has 1 atom stereocenters. The number of hydrogen-bond acceptors (Lipinski definition) is 3. The minimum Gasteiger partial charge on any atom is -0.340 e. The summed E-state index contributed by atoms with van der Waals surface area (Å²) in [5.41, 5.74) is 0. The van der Waals surface area contributed by atoms with Crippen LogP contribution in [0.25, 0.3) is 0 Å². The Morgan fingerprint density at radius 1 is 1.50 bits per heavy atom. The molecule has 1 amide bonds. The molecule has 82 valence electrons. The van der Waals surface area contributed by atoms with Crippen molar-refractivity contribution in [2.45, 2.75) is 19.4 Å². The van der Waals surface area contributed by atoms with Crippen molar-refractivity contribution in [1.29, 1.82) is 0 Å². The quantitative estimate of drug-likeness (QED) is 0.681. The van der Waals surface area contributed by atoms with E-state index in [9.17, 15) is 4.79 Å². The third-order valence-electron chi connectivity index (χ3n) is 2.90. The molecule has 1 aliphatic heterocycles. The van der Waals surface area contributed by atoms with Crippen molar-refractivity contribution in [2.24, 2.45) is 0 Å². The zero-order valence-corrected chi connectivity index (χ0v) is 9.42. The minimum absolute atomic E-state index is 0.277. The van der Waals surface area contributed by atoms with E-state index in [1.165, 1.54) is 0 Å². The molecule has 1 aliphatic rings. The molecule has 0 aromatic rings. The van der Waals surface area contributed by atoms with Crippen molar-refractivity contribution in [3.8, 4) is 0 Å². The predicted molar refractivity (Wildman–Crippen MR) is 57.2 cm³/mol. The Balaban J connectivity index is 2.34. The van der Waals surface area contributed by atoms with Crippen molar-refractivity contribution in [1.82, 2.24) is 15.1 Å². The van der Waals surface area contributed by atoms with E-state index in [1.54, 1.807) is 0 Å². The number of nitrogens with one attached hydrogen (secondary N) is 1. The van der Waals surface area contributed by atoms with Gasteiger partial charge >= 0.3 is 0 Å². The van der Waals surface area contributed by atoms with E-state index in [0.29, 0.717) is 12.5 Å². The van der Waals surface area contributed by atoms with Crippen molar-refractivity contribution >= 4 is 5.91 Å². The molecule has 1 heterocycles. The maximum Gasteiger partial charge on any atom is 0.223 e. The van der Waals surface area contributed by atoms with Crippen molar-refractivity contribution in [2.75, 3.05) is 40.3 Å². The lowest BCUT2D eigenvalue weighted by atomic mass is 10.2. The lowest BCUT2D eigenvalue weighted by Gasteiger charge is -2.37. The van der Waals surface area contributed by atoms with E-state index in [2.05, 4.69) is 24.2 Å². The SMILES string of the molecule is CNCCC(=O)N1CCN(C)[C@@H](C)C1. The first-order chi connectivity index (χ1) is 6.65. The second-order valence-corrected chi connectivity index (χ2v) is 4.02. The Morgan fingerprint density at radius 3 is 2.79 bits per heavy atom. The molecule has 0 spiro atoms. The zero-order valence-electron chi connectivity index (χ0n) is 9.42. The van der Waals surface area contributed by atoms with Gasteiger partial charge in [0.15, 0.2) is 0 Å². The van der Waals surface area contributed by atoms with Crippen LogP contribution in [0, 0.1) is 0 Å². The Labute approximate surface area is 86.2 Å². The molecule has 4 heteroatoms. The molecule has 1 saturated heterocycles. The fourth-order valence-electron chi connectivity index (χ4n) is 1.67. The van der Waals surface area contributed by atoms with Gasteiger partial charge in [-0.05, 0) is 21.0 Å². The van der Waals surface area contributed by atoms with E-state index >= 15 is 0 Å². The smallest absolute Gasteiger partial charge is 0.223 e. The highest BCUT2D eigenvalue weighted by Crippen LogP contribution is 2.07. The summed E-state index contributed by atoms with van der Waals surface area (Å²) >= 11 is 0. The maximum absolute atomic E-state index is 11.7. The van der Waals surface area contributed by atoms with Crippen LogP contribution in [0.3, 0.4) is 0 Å². The van der Waals surface area contributed by atoms with Crippen LogP contribution in [0.1, 0.15) is 13.3 Å². The number of amides is 1. The summed E-state index contributed by atoms with van der Waals surface area (Å²) in [6, 6.07) is 0.488. The summed E-state index contributed by atoms with van der Waals surface area (Å²) in [5, 5.41) is 3.00. The number of nitrogens with zero attached hydrogens (tertiary/aromatic N) is 2. The highest BCUT2D eigenvalue weighted by molar-refractivity contribution is 5.76. The molecule has 0 bridgehead atoms. The Bertz CT molecular complexity index is 196. The van der Waals surface area contributed by atoms with Gasteiger partial charge in [-0.15, -0.1) is 0 Å². The molecule has 14 heavy (non-hydrogen) atoms. The molecule has 1 N–H and O–H groups in total. The Hall–Kier alpha value is -0.610. The summed E-state index contributed by atoms with van der Waals surface area (Å²) in [5.74, 6) is 0.277. The first-order valence-corrected chi connectivity index (χ1v) is 5.27. The van der Waals surface area contributed by atoms with Crippen LogP contribution in [-0.2, 0) is 4.79 Å². The number of rotatable bonds is 3. The summed E-state index contributed by atoms with van der Waals surface area (Å²) in [4.78, 5) is 15.9. The molecular formula is C10H21N3O. The molecular weight excluding hydrogens is 178 g/mol. The van der Waals surface area contributed by atoms with Crippen LogP contribution in [0.15, 0.2) is 0 Å². The fraction of sp³-hybridized carbons (Fsp3) is 0.900. The van der Waals surface area contributed by atoms with Crippen LogP contribution < -0.4 is 5.32 Å². The number of piperazine rings is 1. The normalized spacial score (nSPS) is 23.9. The van der Waals surface area contributed by atoms with Gasteiger partial charge in [0, 0.05) is 38.6 Å². The van der Waals surface area contributed by atoms with Gasteiger partial charge in [0.05, 0.1) is 0 Å². The largest absolute Gasteiger partial charge is 0.340 e. The van der Waals surface area contributed by atoms with E-state index in [0.717, 1.165) is 26.2 Å². The molecule has 4 nitrogen and oxygen atoms in total. The molecule has 0 radical (unpaired) electrons. The van der Waals surface area contributed by atoms with Crippen LogP contribution in [0.5, 0.6) is 0 Å². The molecule has 1 rings (SSSR count). The third kappa shape index (κ3) is 2.96. The molecule has 0 unspecified atom stereocenters. The fourth-order valence-corrected chi connectivity index (χ4v) is 1.67. The Kier molecular flexibility index (Phi) is 4.35. The second kappa shape index (κ2) is 5.32. The van der Waals surface area contributed by atoms with Gasteiger partial charge in [-0.25, -0.2) is 0 Å². The van der Waals surface area contributed by atoms with Crippen LogP contribution in [-0.4, -0.2) is 62.0 Å². The molecule has 0 saturated carbocycles. The van der Waals surface area contributed by atoms with Gasteiger partial charge in [0.25, 0.3) is 0 Å². The minimum atomic E-state index is 0.277. The average Bonchev–Trinajstić information content (AvgIpc) is 2.18. The van der Waals surface area contributed by atoms with Gasteiger partial charge in [-0.2, -0.15) is 0 Å². The van der Waals surface area contributed by atoms with E-state index in [-0.39, 0.29) is 5.91 Å². The van der Waals surface area contributed by atoms with Crippen LogP contribution in [0.4, 0.5) is 0 Å². The highest BCUT2D eigenvalue weighted by Gasteiger charge is 2.23. The van der Waals surface area contributed by atoms with E-state index in [4.69, 9.17) is 0 Å². The lowest BCUT2D eigenvalue weighted by molar-refractivity contribution is -0.133. The second-order valence-electron chi connectivity index (χ2n) is 4.02. The summed E-state index contributed by atoms with van der Waals surface area (Å²) in [6.07, 6.45) is 0.618. The monoisotopic (exact) mass is 199 g/mol. The zero-order chi connectivity index (χ0) is 10.6. The third-order valence-corrected chi connectivity index (χ3v) is 2.90. The number of likely N-dealkylation sites (N-methyl/N-ethyl adjacent to an activating group) is 1. The summed E-state index contributed by atoms with van der Waals surface area (Å²) in [6.45, 7) is 5.69. The average molecular weight is 199 g/mol. The lowest BCUT2D eigenvalue weighted by Crippen LogP contribution is -2.52. The van der Waals surface area contributed by atoms with Gasteiger partial charge in [0.1, 0.15) is 0 Å². The summed E-state index contributed by atoms with van der Waals surface area (Å²) < 4.78 is 0. The highest BCUT2D eigenvalue weighted by atomic mass is 16.2. The van der Waals surface area contributed by atoms with Gasteiger partial charge in [0.2, 0.25) is 5.91 Å².